The summed E-state index contributed by atoms with van der Waals surface area (Å²) in [7, 11) is 0. The maximum atomic E-state index is 12.5. The third-order valence-electron chi connectivity index (χ3n) is 8.65. The second-order valence-corrected chi connectivity index (χ2v) is 9.47. The van der Waals surface area contributed by atoms with E-state index in [2.05, 4.69) is 6.92 Å². The predicted octanol–water partition coefficient (Wildman–Crippen LogP) is 3.50. The van der Waals surface area contributed by atoms with Gasteiger partial charge in [-0.15, -0.1) is 0 Å². The van der Waals surface area contributed by atoms with Gasteiger partial charge in [-0.25, -0.2) is 0 Å². The molecular weight excluding hydrogens is 316 g/mol. The van der Waals surface area contributed by atoms with Crippen molar-refractivity contribution >= 4 is 11.8 Å². The van der Waals surface area contributed by atoms with Crippen LogP contribution in [0.25, 0.3) is 0 Å². The van der Waals surface area contributed by atoms with Gasteiger partial charge in [0.2, 0.25) is 0 Å². The molecule has 4 nitrogen and oxygen atoms in total. The van der Waals surface area contributed by atoms with Crippen molar-refractivity contribution in [2.24, 2.45) is 34.5 Å². The Hall–Kier alpha value is -0.900. The summed E-state index contributed by atoms with van der Waals surface area (Å²) in [5.41, 5.74) is -0.105. The molecule has 0 aliphatic heterocycles. The molecule has 0 saturated heterocycles. The lowest BCUT2D eigenvalue weighted by molar-refractivity contribution is -0.169. The highest BCUT2D eigenvalue weighted by Gasteiger charge is 2.61. The van der Waals surface area contributed by atoms with Gasteiger partial charge in [-0.05, 0) is 80.5 Å². The first-order chi connectivity index (χ1) is 11.9. The Morgan fingerprint density at radius 2 is 1.96 bits per heavy atom. The average molecular weight is 348 g/mol. The van der Waals surface area contributed by atoms with Gasteiger partial charge < -0.3 is 9.84 Å². The van der Waals surface area contributed by atoms with E-state index in [-0.39, 0.29) is 29.5 Å². The molecule has 1 N–H and O–H groups in total. The lowest BCUT2D eigenvalue weighted by Gasteiger charge is -2.60. The van der Waals surface area contributed by atoms with Gasteiger partial charge in [-0.2, -0.15) is 0 Å². The van der Waals surface area contributed by atoms with Crippen LogP contribution < -0.4 is 0 Å². The molecule has 0 aromatic rings. The second kappa shape index (κ2) is 6.07. The van der Waals surface area contributed by atoms with Gasteiger partial charge >= 0.3 is 5.97 Å². The Bertz CT molecular complexity index is 572. The van der Waals surface area contributed by atoms with Crippen molar-refractivity contribution < 1.29 is 19.4 Å². The number of ether oxygens (including phenoxy) is 1. The molecule has 0 bridgehead atoms. The molecule has 0 spiro atoms. The van der Waals surface area contributed by atoms with Crippen molar-refractivity contribution in [1.29, 1.82) is 0 Å². The zero-order chi connectivity index (χ0) is 17.8. The van der Waals surface area contributed by atoms with E-state index >= 15 is 0 Å². The maximum absolute atomic E-state index is 12.5. The number of hydrogen-bond acceptors (Lipinski definition) is 4. The van der Waals surface area contributed by atoms with E-state index in [0.29, 0.717) is 29.5 Å². The number of aliphatic hydroxyl groups excluding tert-OH is 1. The van der Waals surface area contributed by atoms with Gasteiger partial charge in [0.25, 0.3) is 0 Å². The molecule has 4 heteroatoms. The number of Topliss-reactive ketones (excluding diaryl/α,β-unsaturated/α-hetero) is 1. The summed E-state index contributed by atoms with van der Waals surface area (Å²) < 4.78 is 5.50. The topological polar surface area (TPSA) is 63.6 Å². The van der Waals surface area contributed by atoms with Crippen LogP contribution in [-0.4, -0.2) is 29.6 Å². The number of hydrogen-bond donors (Lipinski definition) is 1. The van der Waals surface area contributed by atoms with E-state index < -0.39 is 0 Å². The fraction of sp³-hybridized carbons (Fsp3) is 0.905. The summed E-state index contributed by atoms with van der Waals surface area (Å²) >= 11 is 0. The highest BCUT2D eigenvalue weighted by molar-refractivity contribution is 5.87. The number of carbonyl (C=O) groups excluding carboxylic acids is 2. The molecule has 4 saturated carbocycles. The molecule has 0 aromatic carbocycles. The van der Waals surface area contributed by atoms with Crippen LogP contribution in [0.4, 0.5) is 0 Å². The van der Waals surface area contributed by atoms with Gasteiger partial charge in [0.05, 0.1) is 0 Å². The third kappa shape index (κ3) is 2.50. The summed E-state index contributed by atoms with van der Waals surface area (Å²) in [4.78, 5) is 23.8. The first-order valence-electron chi connectivity index (χ1n) is 10.2. The molecule has 140 valence electrons. The van der Waals surface area contributed by atoms with E-state index in [1.807, 2.05) is 0 Å². The van der Waals surface area contributed by atoms with Crippen LogP contribution in [0.2, 0.25) is 0 Å². The fourth-order valence-corrected chi connectivity index (χ4v) is 7.43. The van der Waals surface area contributed by atoms with Gasteiger partial charge in [0.15, 0.2) is 0 Å². The van der Waals surface area contributed by atoms with Gasteiger partial charge in [-0.1, -0.05) is 6.92 Å². The van der Waals surface area contributed by atoms with Crippen LogP contribution in [0.1, 0.15) is 71.6 Å². The Morgan fingerprint density at radius 1 is 1.16 bits per heavy atom. The van der Waals surface area contributed by atoms with E-state index in [1.54, 1.807) is 0 Å². The van der Waals surface area contributed by atoms with Crippen molar-refractivity contribution in [3.63, 3.8) is 0 Å². The molecule has 0 heterocycles. The number of aliphatic hydroxyl groups is 1. The molecule has 4 rings (SSSR count). The van der Waals surface area contributed by atoms with Crippen LogP contribution in [0, 0.1) is 34.5 Å². The molecule has 4 aliphatic carbocycles. The minimum Gasteiger partial charge on any atom is -0.463 e. The van der Waals surface area contributed by atoms with Crippen molar-refractivity contribution in [3.05, 3.63) is 0 Å². The van der Waals surface area contributed by atoms with Crippen molar-refractivity contribution in [2.75, 3.05) is 6.61 Å². The number of carbonyl (C=O) groups is 2. The van der Waals surface area contributed by atoms with Crippen LogP contribution >= 0.6 is 0 Å². The quantitative estimate of drug-likeness (QED) is 0.776. The van der Waals surface area contributed by atoms with Gasteiger partial charge in [0.1, 0.15) is 11.9 Å². The van der Waals surface area contributed by atoms with Crippen LogP contribution in [0.15, 0.2) is 0 Å². The van der Waals surface area contributed by atoms with E-state index in [4.69, 9.17) is 4.74 Å². The maximum Gasteiger partial charge on any atom is 0.302 e. The molecule has 0 aromatic heterocycles. The Morgan fingerprint density at radius 3 is 2.68 bits per heavy atom. The van der Waals surface area contributed by atoms with Crippen molar-refractivity contribution in [2.45, 2.75) is 77.7 Å². The molecular formula is C21H32O4. The highest BCUT2D eigenvalue weighted by atomic mass is 16.5. The SMILES string of the molecule is CC(=O)OC1CC[C@@]2(CO)C(CC[C@@H]3[C@@H]2CC[C@]2(C)C(=O)CC[C@@H]32)C1. The lowest BCUT2D eigenvalue weighted by Crippen LogP contribution is -2.56. The fourth-order valence-electron chi connectivity index (χ4n) is 7.43. The molecule has 0 radical (unpaired) electrons. The molecule has 2 unspecified atom stereocenters. The first-order valence-corrected chi connectivity index (χ1v) is 10.2. The Labute approximate surface area is 150 Å². The predicted molar refractivity (Wildman–Crippen MR) is 93.7 cm³/mol. The monoisotopic (exact) mass is 348 g/mol. The molecule has 0 amide bonds. The van der Waals surface area contributed by atoms with Gasteiger partial charge in [-0.3, -0.25) is 9.59 Å². The van der Waals surface area contributed by atoms with Crippen molar-refractivity contribution in [3.8, 4) is 0 Å². The van der Waals surface area contributed by atoms with Crippen LogP contribution in [-0.2, 0) is 14.3 Å². The summed E-state index contributed by atoms with van der Waals surface area (Å²) in [6.07, 6.45) is 8.96. The zero-order valence-electron chi connectivity index (χ0n) is 15.6. The van der Waals surface area contributed by atoms with E-state index in [1.165, 1.54) is 13.3 Å². The van der Waals surface area contributed by atoms with Crippen molar-refractivity contribution in [1.82, 2.24) is 0 Å². The van der Waals surface area contributed by atoms with Crippen LogP contribution in [0.5, 0.6) is 0 Å². The van der Waals surface area contributed by atoms with E-state index in [0.717, 1.165) is 51.4 Å². The Kier molecular flexibility index (Phi) is 4.25. The number of ketones is 1. The lowest BCUT2D eigenvalue weighted by atomic mass is 9.45. The third-order valence-corrected chi connectivity index (χ3v) is 8.65. The second-order valence-electron chi connectivity index (χ2n) is 9.47. The average Bonchev–Trinajstić information content (AvgIpc) is 2.89. The minimum atomic E-state index is -0.187. The zero-order valence-corrected chi connectivity index (χ0v) is 15.6. The van der Waals surface area contributed by atoms with E-state index in [9.17, 15) is 14.7 Å². The normalized spacial score (nSPS) is 49.1. The molecule has 7 atom stereocenters. The molecule has 25 heavy (non-hydrogen) atoms. The molecule has 4 aliphatic rings. The summed E-state index contributed by atoms with van der Waals surface area (Å²) in [5.74, 6) is 2.41. The standard InChI is InChI=1S/C21H32O4/c1-13(23)25-15-7-10-21(12-22)14(11-15)3-4-16-17-5-6-19(24)20(17,2)9-8-18(16)21/h14-18,22H,3-12H2,1-2H3/t14?,15?,16-,17-,18-,20-,21+/m0/s1. The smallest absolute Gasteiger partial charge is 0.302 e. The minimum absolute atomic E-state index is 0.00741. The highest BCUT2D eigenvalue weighted by Crippen LogP contribution is 2.65. The molecule has 4 fully saturated rings. The number of esters is 1. The summed E-state index contributed by atoms with van der Waals surface area (Å²) in [6.45, 7) is 3.95. The van der Waals surface area contributed by atoms with Gasteiger partial charge in [0, 0.05) is 25.4 Å². The summed E-state index contributed by atoms with van der Waals surface area (Å²) in [5, 5.41) is 10.5. The van der Waals surface area contributed by atoms with Crippen LogP contribution in [0.3, 0.4) is 0 Å². The number of rotatable bonds is 2. The summed E-state index contributed by atoms with van der Waals surface area (Å²) in [6, 6.07) is 0. The Balaban J connectivity index is 1.58. The number of fused-ring (bicyclic) bond motifs is 5. The first kappa shape index (κ1) is 17.5. The largest absolute Gasteiger partial charge is 0.463 e.